The normalized spacial score (nSPS) is 10.6. The number of carbonyl (C=O) groups excluding carboxylic acids is 1. The van der Waals surface area contributed by atoms with Gasteiger partial charge in [-0.25, -0.2) is 0 Å². The number of nitriles is 1. The first-order valence-corrected chi connectivity index (χ1v) is 4.33. The van der Waals surface area contributed by atoms with Crippen molar-refractivity contribution < 1.29 is 9.63 Å². The summed E-state index contributed by atoms with van der Waals surface area (Å²) in [5.41, 5.74) is -0.338. The molecule has 0 unspecified atom stereocenters. The number of nitrogens with zero attached hydrogens (tertiary/aromatic N) is 2. The summed E-state index contributed by atoms with van der Waals surface area (Å²) in [4.78, 5) is 14.7. The lowest BCUT2D eigenvalue weighted by atomic mass is 10.2. The number of rotatable bonds is 7. The van der Waals surface area contributed by atoms with Crippen LogP contribution in [0.1, 0.15) is 32.6 Å². The molecule has 4 nitrogen and oxygen atoms in total. The Labute approximate surface area is 78.2 Å². The fourth-order valence-corrected chi connectivity index (χ4v) is 0.765. The molecule has 0 N–H and O–H groups in total. The minimum absolute atomic E-state index is 0.338. The number of oxime groups is 1. The van der Waals surface area contributed by atoms with Crippen molar-refractivity contribution in [1.29, 1.82) is 5.26 Å². The molecular formula is C9H13N2O2. The molecule has 0 aromatic rings. The third-order valence-corrected chi connectivity index (χ3v) is 1.45. The third kappa shape index (κ3) is 7.01. The van der Waals surface area contributed by atoms with Gasteiger partial charge in [-0.2, -0.15) is 5.26 Å². The van der Waals surface area contributed by atoms with E-state index in [4.69, 9.17) is 10.1 Å². The van der Waals surface area contributed by atoms with Gasteiger partial charge in [-0.05, 0) is 12.8 Å². The minimum Gasteiger partial charge on any atom is -0.395 e. The van der Waals surface area contributed by atoms with Gasteiger partial charge in [0.2, 0.25) is 5.71 Å². The van der Waals surface area contributed by atoms with E-state index in [0.717, 1.165) is 25.7 Å². The van der Waals surface area contributed by atoms with Crippen LogP contribution in [-0.4, -0.2) is 18.6 Å². The van der Waals surface area contributed by atoms with Crippen LogP contribution in [0.3, 0.4) is 0 Å². The molecule has 0 aliphatic heterocycles. The predicted octanol–water partition coefficient (Wildman–Crippen LogP) is 1.57. The minimum atomic E-state index is -0.338. The van der Waals surface area contributed by atoms with Gasteiger partial charge in [0.25, 0.3) is 6.29 Å². The molecule has 0 saturated carbocycles. The maximum absolute atomic E-state index is 9.94. The molecule has 0 atom stereocenters. The van der Waals surface area contributed by atoms with E-state index in [0.29, 0.717) is 6.61 Å². The van der Waals surface area contributed by atoms with Gasteiger partial charge < -0.3 is 4.84 Å². The van der Waals surface area contributed by atoms with Gasteiger partial charge in [-0.15, -0.1) is 0 Å². The van der Waals surface area contributed by atoms with E-state index < -0.39 is 0 Å². The van der Waals surface area contributed by atoms with Gasteiger partial charge in [-0.3, -0.25) is 4.79 Å². The molecule has 13 heavy (non-hydrogen) atoms. The lowest BCUT2D eigenvalue weighted by Crippen LogP contribution is -1.97. The van der Waals surface area contributed by atoms with Gasteiger partial charge in [0.1, 0.15) is 12.7 Å². The quantitative estimate of drug-likeness (QED) is 0.340. The fourth-order valence-electron chi connectivity index (χ4n) is 0.765. The Hall–Kier alpha value is -1.37. The summed E-state index contributed by atoms with van der Waals surface area (Å²) in [6.07, 6.45) is 5.67. The summed E-state index contributed by atoms with van der Waals surface area (Å²) in [7, 11) is 0. The highest BCUT2D eigenvalue weighted by atomic mass is 16.6. The molecule has 0 bridgehead atoms. The van der Waals surface area contributed by atoms with Crippen LogP contribution >= 0.6 is 0 Å². The van der Waals surface area contributed by atoms with Crippen LogP contribution in [0, 0.1) is 11.3 Å². The Kier molecular flexibility index (Phi) is 7.80. The van der Waals surface area contributed by atoms with Gasteiger partial charge in [-0.1, -0.05) is 24.9 Å². The number of unbranched alkanes of at least 4 members (excludes halogenated alkanes) is 3. The Balaban J connectivity index is 3.39. The molecule has 71 valence electrons. The van der Waals surface area contributed by atoms with E-state index in [2.05, 4.69) is 12.1 Å². The molecule has 0 rings (SSSR count). The zero-order valence-corrected chi connectivity index (χ0v) is 7.75. The third-order valence-electron chi connectivity index (χ3n) is 1.45. The fraction of sp³-hybridized carbons (Fsp3) is 0.667. The van der Waals surface area contributed by atoms with Crippen molar-refractivity contribution in [3.63, 3.8) is 0 Å². The lowest BCUT2D eigenvalue weighted by molar-refractivity contribution is 0.140. The maximum Gasteiger partial charge on any atom is 0.268 e. The predicted molar refractivity (Wildman–Crippen MR) is 48.8 cm³/mol. The second-order valence-corrected chi connectivity index (χ2v) is 2.55. The van der Waals surface area contributed by atoms with Gasteiger partial charge >= 0.3 is 0 Å². The molecular weight excluding hydrogens is 168 g/mol. The summed E-state index contributed by atoms with van der Waals surface area (Å²) < 4.78 is 0. The largest absolute Gasteiger partial charge is 0.395 e. The van der Waals surface area contributed by atoms with E-state index in [1.54, 1.807) is 6.07 Å². The van der Waals surface area contributed by atoms with Crippen molar-refractivity contribution in [3.05, 3.63) is 0 Å². The molecule has 0 aliphatic carbocycles. The summed E-state index contributed by atoms with van der Waals surface area (Å²) >= 11 is 0. The first-order valence-electron chi connectivity index (χ1n) is 4.33. The Morgan fingerprint density at radius 3 is 2.77 bits per heavy atom. The second-order valence-electron chi connectivity index (χ2n) is 2.55. The Morgan fingerprint density at radius 1 is 1.46 bits per heavy atom. The van der Waals surface area contributed by atoms with Gasteiger partial charge in [0.15, 0.2) is 0 Å². The maximum atomic E-state index is 9.94. The van der Waals surface area contributed by atoms with Gasteiger partial charge in [0, 0.05) is 0 Å². The number of hydrogen-bond donors (Lipinski definition) is 0. The molecule has 0 aromatic carbocycles. The standard InChI is InChI=1S/C9H13N2O2/c1-2-3-4-5-6-13-11-9(7-10)8-12/h2-6H2,1H3/b11-9+. The van der Waals surface area contributed by atoms with Crippen LogP contribution in [0.4, 0.5) is 0 Å². The van der Waals surface area contributed by atoms with Crippen LogP contribution in [0.25, 0.3) is 0 Å². The van der Waals surface area contributed by atoms with Crippen molar-refractivity contribution in [1.82, 2.24) is 0 Å². The molecule has 0 aromatic heterocycles. The van der Waals surface area contributed by atoms with Crippen LogP contribution in [0.2, 0.25) is 0 Å². The van der Waals surface area contributed by atoms with Crippen molar-refractivity contribution >= 4 is 12.0 Å². The number of hydrogen-bond acceptors (Lipinski definition) is 4. The average Bonchev–Trinajstić information content (AvgIpc) is 2.17. The first kappa shape index (κ1) is 11.6. The highest BCUT2D eigenvalue weighted by Crippen LogP contribution is 1.98. The van der Waals surface area contributed by atoms with Gasteiger partial charge in [0.05, 0.1) is 0 Å². The van der Waals surface area contributed by atoms with E-state index in [9.17, 15) is 4.79 Å². The smallest absolute Gasteiger partial charge is 0.268 e. The van der Waals surface area contributed by atoms with E-state index >= 15 is 0 Å². The summed E-state index contributed by atoms with van der Waals surface area (Å²) in [5.74, 6) is 0. The summed E-state index contributed by atoms with van der Waals surface area (Å²) in [5, 5.41) is 11.5. The van der Waals surface area contributed by atoms with E-state index in [1.807, 2.05) is 0 Å². The van der Waals surface area contributed by atoms with E-state index in [-0.39, 0.29) is 5.71 Å². The molecule has 0 spiro atoms. The molecule has 0 saturated heterocycles. The first-order chi connectivity index (χ1) is 6.35. The lowest BCUT2D eigenvalue weighted by Gasteiger charge is -1.97. The molecule has 4 heteroatoms. The second kappa shape index (κ2) is 8.72. The van der Waals surface area contributed by atoms with Crippen LogP contribution < -0.4 is 0 Å². The molecule has 0 fully saturated rings. The molecule has 0 heterocycles. The van der Waals surface area contributed by atoms with Crippen LogP contribution in [-0.2, 0) is 9.63 Å². The summed E-state index contributed by atoms with van der Waals surface area (Å²) in [6, 6.07) is 1.56. The SMILES string of the molecule is CCCCCCO/N=C(/[C]=O)C#N. The van der Waals surface area contributed by atoms with Crippen molar-refractivity contribution in [2.45, 2.75) is 32.6 Å². The van der Waals surface area contributed by atoms with Crippen molar-refractivity contribution in [3.8, 4) is 6.07 Å². The van der Waals surface area contributed by atoms with Crippen molar-refractivity contribution in [2.75, 3.05) is 6.61 Å². The Morgan fingerprint density at radius 2 is 2.23 bits per heavy atom. The highest BCUT2D eigenvalue weighted by Gasteiger charge is 1.94. The topological polar surface area (TPSA) is 62.4 Å². The molecule has 0 aliphatic rings. The zero-order chi connectivity index (χ0) is 9.94. The monoisotopic (exact) mass is 181 g/mol. The molecule has 1 radical (unpaired) electrons. The zero-order valence-electron chi connectivity index (χ0n) is 7.75. The summed E-state index contributed by atoms with van der Waals surface area (Å²) in [6.45, 7) is 2.57. The molecule has 0 amide bonds. The Bertz CT molecular complexity index is 206. The average molecular weight is 181 g/mol. The highest BCUT2D eigenvalue weighted by molar-refractivity contribution is 6.35. The van der Waals surface area contributed by atoms with Crippen molar-refractivity contribution in [2.24, 2.45) is 5.16 Å². The van der Waals surface area contributed by atoms with Crippen LogP contribution in [0.15, 0.2) is 5.16 Å². The van der Waals surface area contributed by atoms with E-state index in [1.165, 1.54) is 6.29 Å². The van der Waals surface area contributed by atoms with Crippen LogP contribution in [0.5, 0.6) is 0 Å².